The summed E-state index contributed by atoms with van der Waals surface area (Å²) in [5.74, 6) is -1.13. The summed E-state index contributed by atoms with van der Waals surface area (Å²) in [5, 5.41) is 2.16. The van der Waals surface area contributed by atoms with Crippen molar-refractivity contribution in [2.45, 2.75) is 6.54 Å². The van der Waals surface area contributed by atoms with Crippen molar-refractivity contribution in [2.75, 3.05) is 0 Å². The van der Waals surface area contributed by atoms with Gasteiger partial charge in [0.15, 0.2) is 0 Å². The van der Waals surface area contributed by atoms with Gasteiger partial charge in [0.05, 0.1) is 0 Å². The molecule has 0 heterocycles. The molecule has 1 aromatic carbocycles. The summed E-state index contributed by atoms with van der Waals surface area (Å²) in [6.07, 6.45) is 0. The Morgan fingerprint density at radius 1 is 1.46 bits per heavy atom. The van der Waals surface area contributed by atoms with Gasteiger partial charge in [0.2, 0.25) is 0 Å². The van der Waals surface area contributed by atoms with E-state index in [1.165, 1.54) is 0 Å². The number of nitrogens with one attached hydrogen (secondary N) is 1. The first kappa shape index (κ1) is 9.44. The summed E-state index contributed by atoms with van der Waals surface area (Å²) in [6.45, 7) is -0.112. The molecule has 0 aliphatic rings. The predicted octanol–water partition coefficient (Wildman–Crippen LogP) is 1.13. The third-order valence-electron chi connectivity index (χ3n) is 1.46. The fourth-order valence-corrected chi connectivity index (χ4v) is 0.861. The van der Waals surface area contributed by atoms with Gasteiger partial charge in [-0.25, -0.2) is 13.6 Å². The molecule has 2 amide bonds. The van der Waals surface area contributed by atoms with Gasteiger partial charge in [-0.2, -0.15) is 0 Å². The van der Waals surface area contributed by atoms with E-state index in [0.717, 1.165) is 18.2 Å². The molecule has 0 spiro atoms. The van der Waals surface area contributed by atoms with Crippen molar-refractivity contribution in [2.24, 2.45) is 5.73 Å². The minimum Gasteiger partial charge on any atom is -0.352 e. The van der Waals surface area contributed by atoms with Crippen LogP contribution in [-0.4, -0.2) is 6.03 Å². The topological polar surface area (TPSA) is 55.1 Å². The molecule has 0 saturated carbocycles. The Hall–Kier alpha value is -1.65. The van der Waals surface area contributed by atoms with E-state index >= 15 is 0 Å². The van der Waals surface area contributed by atoms with Crippen LogP contribution >= 0.6 is 0 Å². The maximum Gasteiger partial charge on any atom is 0.312 e. The Morgan fingerprint density at radius 2 is 2.15 bits per heavy atom. The van der Waals surface area contributed by atoms with Crippen molar-refractivity contribution < 1.29 is 13.6 Å². The second kappa shape index (κ2) is 3.84. The van der Waals surface area contributed by atoms with Crippen LogP contribution < -0.4 is 11.1 Å². The second-order valence-corrected chi connectivity index (χ2v) is 2.45. The fourth-order valence-electron chi connectivity index (χ4n) is 0.861. The average molecular weight is 186 g/mol. The number of urea groups is 1. The van der Waals surface area contributed by atoms with E-state index < -0.39 is 17.7 Å². The molecule has 0 bridgehead atoms. The number of hydrogen-bond acceptors (Lipinski definition) is 1. The molecule has 0 atom stereocenters. The Balaban J connectivity index is 2.75. The van der Waals surface area contributed by atoms with Crippen molar-refractivity contribution in [1.82, 2.24) is 5.32 Å². The molecular formula is C8H8F2N2O. The highest BCUT2D eigenvalue weighted by molar-refractivity contribution is 5.71. The van der Waals surface area contributed by atoms with E-state index in [9.17, 15) is 13.6 Å². The highest BCUT2D eigenvalue weighted by Gasteiger charge is 2.03. The van der Waals surface area contributed by atoms with Gasteiger partial charge in [-0.1, -0.05) is 0 Å². The van der Waals surface area contributed by atoms with E-state index in [0.29, 0.717) is 0 Å². The molecule has 0 fully saturated rings. The number of nitrogens with two attached hydrogens (primary N) is 1. The van der Waals surface area contributed by atoms with Crippen LogP contribution in [0.5, 0.6) is 0 Å². The third kappa shape index (κ3) is 2.70. The molecule has 3 N–H and O–H groups in total. The first-order chi connectivity index (χ1) is 6.09. The van der Waals surface area contributed by atoms with Gasteiger partial charge in [-0.3, -0.25) is 0 Å². The van der Waals surface area contributed by atoms with Crippen molar-refractivity contribution in [1.29, 1.82) is 0 Å². The number of benzene rings is 1. The number of amides is 2. The summed E-state index contributed by atoms with van der Waals surface area (Å²) >= 11 is 0. The van der Waals surface area contributed by atoms with Gasteiger partial charge in [-0.05, 0) is 18.2 Å². The zero-order valence-electron chi connectivity index (χ0n) is 6.68. The third-order valence-corrected chi connectivity index (χ3v) is 1.46. The summed E-state index contributed by atoms with van der Waals surface area (Å²) in [6, 6.07) is 2.23. The smallest absolute Gasteiger partial charge is 0.312 e. The zero-order valence-corrected chi connectivity index (χ0v) is 6.68. The molecule has 3 nitrogen and oxygen atoms in total. The van der Waals surface area contributed by atoms with Crippen LogP contribution in [0.3, 0.4) is 0 Å². The normalized spacial score (nSPS) is 9.69. The van der Waals surface area contributed by atoms with Crippen LogP contribution in [-0.2, 0) is 6.54 Å². The predicted molar refractivity (Wildman–Crippen MR) is 42.8 cm³/mol. The molecule has 0 radical (unpaired) electrons. The van der Waals surface area contributed by atoms with E-state index in [4.69, 9.17) is 5.73 Å². The summed E-state index contributed by atoms with van der Waals surface area (Å²) in [7, 11) is 0. The van der Waals surface area contributed by atoms with Gasteiger partial charge in [0.1, 0.15) is 11.6 Å². The lowest BCUT2D eigenvalue weighted by Crippen LogP contribution is -2.29. The lowest BCUT2D eigenvalue weighted by Gasteiger charge is -2.03. The maximum absolute atomic E-state index is 12.9. The molecule has 70 valence electrons. The lowest BCUT2D eigenvalue weighted by atomic mass is 10.2. The average Bonchev–Trinajstić information content (AvgIpc) is 2.06. The van der Waals surface area contributed by atoms with Crippen molar-refractivity contribution in [3.63, 3.8) is 0 Å². The van der Waals surface area contributed by atoms with Gasteiger partial charge in [0, 0.05) is 12.1 Å². The van der Waals surface area contributed by atoms with Crippen LogP contribution in [0.2, 0.25) is 0 Å². The van der Waals surface area contributed by atoms with Crippen LogP contribution in [0.15, 0.2) is 18.2 Å². The molecule has 5 heteroatoms. The number of primary amides is 1. The number of rotatable bonds is 2. The monoisotopic (exact) mass is 186 g/mol. The lowest BCUT2D eigenvalue weighted by molar-refractivity contribution is 0.248. The van der Waals surface area contributed by atoms with Crippen LogP contribution in [0.4, 0.5) is 13.6 Å². The second-order valence-electron chi connectivity index (χ2n) is 2.45. The minimum atomic E-state index is -0.774. The van der Waals surface area contributed by atoms with Crippen molar-refractivity contribution in [3.8, 4) is 0 Å². The molecule has 0 aliphatic carbocycles. The van der Waals surface area contributed by atoms with E-state index in [1.807, 2.05) is 0 Å². The SMILES string of the molecule is NC(=O)NCc1cc(F)ccc1F. The Kier molecular flexibility index (Phi) is 2.79. The summed E-state index contributed by atoms with van der Waals surface area (Å²) in [4.78, 5) is 10.3. The molecule has 0 unspecified atom stereocenters. The van der Waals surface area contributed by atoms with Crippen LogP contribution in [0, 0.1) is 11.6 Å². The van der Waals surface area contributed by atoms with E-state index in [1.54, 1.807) is 0 Å². The quantitative estimate of drug-likeness (QED) is 0.714. The Bertz CT molecular complexity index is 328. The molecule has 1 aromatic rings. The van der Waals surface area contributed by atoms with Gasteiger partial charge < -0.3 is 11.1 Å². The summed E-state index contributed by atoms with van der Waals surface area (Å²) < 4.78 is 25.4. The standard InChI is InChI=1S/C8H8F2N2O/c9-6-1-2-7(10)5(3-6)4-12-8(11)13/h1-3H,4H2,(H3,11,12,13). The number of hydrogen-bond donors (Lipinski definition) is 2. The minimum absolute atomic E-state index is 0.0683. The highest BCUT2D eigenvalue weighted by Crippen LogP contribution is 2.08. The Labute approximate surface area is 73.5 Å². The van der Waals surface area contributed by atoms with Crippen molar-refractivity contribution in [3.05, 3.63) is 35.4 Å². The van der Waals surface area contributed by atoms with E-state index in [2.05, 4.69) is 5.32 Å². The fraction of sp³-hybridized carbons (Fsp3) is 0.125. The molecule has 0 aliphatic heterocycles. The van der Waals surface area contributed by atoms with Crippen LogP contribution in [0.1, 0.15) is 5.56 Å². The summed E-state index contributed by atoms with van der Waals surface area (Å²) in [5.41, 5.74) is 4.83. The molecule has 0 aromatic heterocycles. The van der Waals surface area contributed by atoms with Gasteiger partial charge in [-0.15, -0.1) is 0 Å². The van der Waals surface area contributed by atoms with E-state index in [-0.39, 0.29) is 12.1 Å². The van der Waals surface area contributed by atoms with Crippen LogP contribution in [0.25, 0.3) is 0 Å². The molecular weight excluding hydrogens is 178 g/mol. The molecule has 0 saturated heterocycles. The number of carbonyl (C=O) groups excluding carboxylic acids is 1. The first-order valence-corrected chi connectivity index (χ1v) is 3.57. The van der Waals surface area contributed by atoms with Gasteiger partial charge >= 0.3 is 6.03 Å². The molecule has 13 heavy (non-hydrogen) atoms. The number of carbonyl (C=O) groups is 1. The molecule has 1 rings (SSSR count). The zero-order chi connectivity index (χ0) is 9.84. The number of halogens is 2. The van der Waals surface area contributed by atoms with Gasteiger partial charge in [0.25, 0.3) is 0 Å². The first-order valence-electron chi connectivity index (χ1n) is 3.57. The van der Waals surface area contributed by atoms with Crippen molar-refractivity contribution >= 4 is 6.03 Å². The maximum atomic E-state index is 12.9. The highest BCUT2D eigenvalue weighted by atomic mass is 19.1. The largest absolute Gasteiger partial charge is 0.352 e. The Morgan fingerprint density at radius 3 is 2.77 bits per heavy atom.